The molecule has 0 aliphatic carbocycles. The van der Waals surface area contributed by atoms with Gasteiger partial charge in [0.15, 0.2) is 10.7 Å². The van der Waals surface area contributed by atoms with E-state index < -0.39 is 15.8 Å². The normalized spacial score (nSPS) is 15.7. The van der Waals surface area contributed by atoms with Crippen LogP contribution in [0, 0.1) is 25.6 Å². The summed E-state index contributed by atoms with van der Waals surface area (Å²) in [7, 11) is -3.91. The molecule has 0 spiro atoms. The summed E-state index contributed by atoms with van der Waals surface area (Å²) in [5, 5.41) is 6.66. The third-order valence-electron chi connectivity index (χ3n) is 5.81. The molecule has 0 bridgehead atoms. The maximum Gasteiger partial charge on any atom is 0.248 e. The highest BCUT2D eigenvalue weighted by atomic mass is 32.2. The monoisotopic (exact) mass is 487 g/mol. The predicted molar refractivity (Wildman–Crippen MR) is 123 cm³/mol. The zero-order valence-electron chi connectivity index (χ0n) is 19.0. The van der Waals surface area contributed by atoms with E-state index in [1.165, 1.54) is 22.5 Å². The van der Waals surface area contributed by atoms with Gasteiger partial charge in [0.05, 0.1) is 6.54 Å². The number of halogens is 1. The van der Waals surface area contributed by atoms with Crippen LogP contribution in [0.2, 0.25) is 0 Å². The molecule has 34 heavy (non-hydrogen) atoms. The van der Waals surface area contributed by atoms with E-state index in [4.69, 9.17) is 8.94 Å². The van der Waals surface area contributed by atoms with Gasteiger partial charge in [-0.2, -0.15) is 4.31 Å². The van der Waals surface area contributed by atoms with Gasteiger partial charge in [-0.1, -0.05) is 23.4 Å². The van der Waals surface area contributed by atoms with Gasteiger partial charge in [0.25, 0.3) is 0 Å². The second-order valence-electron chi connectivity index (χ2n) is 8.22. The number of nitrogens with zero attached hydrogens (tertiary/aromatic N) is 2. The second kappa shape index (κ2) is 9.94. The first kappa shape index (κ1) is 23.9. The van der Waals surface area contributed by atoms with Gasteiger partial charge in [-0.3, -0.25) is 4.79 Å². The van der Waals surface area contributed by atoms with Crippen molar-refractivity contribution in [3.8, 4) is 0 Å². The average molecular weight is 488 g/mol. The van der Waals surface area contributed by atoms with Gasteiger partial charge in [0, 0.05) is 24.6 Å². The van der Waals surface area contributed by atoms with Crippen LogP contribution < -0.4 is 5.32 Å². The number of carbonyl (C=O) groups is 1. The summed E-state index contributed by atoms with van der Waals surface area (Å²) in [6.45, 7) is 4.07. The fourth-order valence-corrected chi connectivity index (χ4v) is 5.68. The third-order valence-corrected chi connectivity index (χ3v) is 7.87. The van der Waals surface area contributed by atoms with E-state index in [-0.39, 0.29) is 41.3 Å². The largest absolute Gasteiger partial charge is 0.465 e. The van der Waals surface area contributed by atoms with Gasteiger partial charge in [0.2, 0.25) is 15.9 Å². The number of amides is 1. The SMILES string of the molecule is Cc1ccc(CNC(=O)C2CCN(S(=O)(=O)c3c(C)noc3C=Cc3ccccc3F)CC2)o1. The minimum atomic E-state index is -3.91. The maximum atomic E-state index is 13.9. The van der Waals surface area contributed by atoms with Crippen molar-refractivity contribution in [3.63, 3.8) is 0 Å². The molecule has 1 fully saturated rings. The number of rotatable bonds is 7. The lowest BCUT2D eigenvalue weighted by molar-refractivity contribution is -0.126. The second-order valence-corrected chi connectivity index (χ2v) is 10.1. The lowest BCUT2D eigenvalue weighted by atomic mass is 9.97. The molecule has 1 aromatic carbocycles. The van der Waals surface area contributed by atoms with E-state index in [0.717, 1.165) is 5.76 Å². The van der Waals surface area contributed by atoms with Gasteiger partial charge in [0.1, 0.15) is 23.0 Å². The first-order valence-corrected chi connectivity index (χ1v) is 12.4. The van der Waals surface area contributed by atoms with Crippen molar-refractivity contribution in [1.82, 2.24) is 14.8 Å². The Kier molecular flexibility index (Phi) is 6.99. The summed E-state index contributed by atoms with van der Waals surface area (Å²) in [5.74, 6) is 0.642. The van der Waals surface area contributed by atoms with E-state index in [2.05, 4.69) is 10.5 Å². The molecule has 3 aromatic rings. The molecule has 3 heterocycles. The van der Waals surface area contributed by atoms with Crippen molar-refractivity contribution in [1.29, 1.82) is 0 Å². The smallest absolute Gasteiger partial charge is 0.248 e. The van der Waals surface area contributed by atoms with Crippen LogP contribution in [0.3, 0.4) is 0 Å². The van der Waals surface area contributed by atoms with Crippen molar-refractivity contribution in [2.75, 3.05) is 13.1 Å². The summed E-state index contributed by atoms with van der Waals surface area (Å²) < 4.78 is 52.7. The van der Waals surface area contributed by atoms with Gasteiger partial charge in [-0.05, 0) is 57.0 Å². The number of hydrogen-bond donors (Lipinski definition) is 1. The van der Waals surface area contributed by atoms with Gasteiger partial charge >= 0.3 is 0 Å². The van der Waals surface area contributed by atoms with Crippen LogP contribution in [-0.4, -0.2) is 36.9 Å². The Bertz CT molecular complexity index is 1300. The summed E-state index contributed by atoms with van der Waals surface area (Å²) in [6, 6.07) is 9.79. The molecular weight excluding hydrogens is 461 g/mol. The molecule has 4 rings (SSSR count). The number of piperidine rings is 1. The van der Waals surface area contributed by atoms with Crippen LogP contribution in [-0.2, 0) is 21.4 Å². The van der Waals surface area contributed by atoms with Crippen molar-refractivity contribution < 1.29 is 26.5 Å². The summed E-state index contributed by atoms with van der Waals surface area (Å²) >= 11 is 0. The number of aryl methyl sites for hydroxylation is 2. The Hall–Kier alpha value is -3.24. The Morgan fingerprint density at radius 2 is 1.91 bits per heavy atom. The zero-order chi connectivity index (χ0) is 24.3. The van der Waals surface area contributed by atoms with Crippen molar-refractivity contribution in [2.24, 2.45) is 5.92 Å². The topological polar surface area (TPSA) is 106 Å². The van der Waals surface area contributed by atoms with Crippen LogP contribution in [0.25, 0.3) is 12.2 Å². The number of sulfonamides is 1. The number of nitrogens with one attached hydrogen (secondary N) is 1. The molecular formula is C24H26FN3O5S. The Balaban J connectivity index is 1.42. The van der Waals surface area contributed by atoms with Crippen LogP contribution in [0.4, 0.5) is 4.39 Å². The molecule has 10 heteroatoms. The molecule has 180 valence electrons. The van der Waals surface area contributed by atoms with E-state index in [1.54, 1.807) is 25.1 Å². The quantitative estimate of drug-likeness (QED) is 0.542. The molecule has 8 nitrogen and oxygen atoms in total. The van der Waals surface area contributed by atoms with Crippen LogP contribution in [0.5, 0.6) is 0 Å². The standard InChI is InChI=1S/C24H26FN3O5S/c1-16-7-9-20(32-16)15-26-24(29)19-11-13-28(14-12-19)34(30,31)23-17(2)27-33-22(23)10-8-18-5-3-4-6-21(18)25/h3-10,19H,11-15H2,1-2H3,(H,26,29). The maximum absolute atomic E-state index is 13.9. The van der Waals surface area contributed by atoms with Crippen molar-refractivity contribution in [3.05, 3.63) is 70.8 Å². The first-order chi connectivity index (χ1) is 16.3. The third kappa shape index (κ3) is 5.13. The highest BCUT2D eigenvalue weighted by molar-refractivity contribution is 7.89. The molecule has 0 atom stereocenters. The molecule has 1 N–H and O–H groups in total. The summed E-state index contributed by atoms with van der Waals surface area (Å²) in [4.78, 5) is 12.5. The Labute approximate surface area is 197 Å². The lowest BCUT2D eigenvalue weighted by Gasteiger charge is -2.30. The average Bonchev–Trinajstić information content (AvgIpc) is 3.42. The zero-order valence-corrected chi connectivity index (χ0v) is 19.8. The highest BCUT2D eigenvalue weighted by Gasteiger charge is 2.35. The van der Waals surface area contributed by atoms with Gasteiger partial charge < -0.3 is 14.3 Å². The molecule has 1 saturated heterocycles. The van der Waals surface area contributed by atoms with Crippen LogP contribution in [0.1, 0.15) is 41.4 Å². The molecule has 1 aliphatic heterocycles. The summed E-state index contributed by atoms with van der Waals surface area (Å²) in [6.07, 6.45) is 3.65. The predicted octanol–water partition coefficient (Wildman–Crippen LogP) is 3.91. The minimum absolute atomic E-state index is 0.0364. The van der Waals surface area contributed by atoms with E-state index in [0.29, 0.717) is 30.7 Å². The minimum Gasteiger partial charge on any atom is -0.465 e. The number of aromatic nitrogens is 1. The highest BCUT2D eigenvalue weighted by Crippen LogP contribution is 2.29. The fraction of sp³-hybridized carbons (Fsp3) is 0.333. The van der Waals surface area contributed by atoms with E-state index in [9.17, 15) is 17.6 Å². The Morgan fingerprint density at radius 1 is 1.18 bits per heavy atom. The summed E-state index contributed by atoms with van der Waals surface area (Å²) in [5.41, 5.74) is 0.526. The Morgan fingerprint density at radius 3 is 2.59 bits per heavy atom. The number of benzene rings is 1. The van der Waals surface area contributed by atoms with Crippen molar-refractivity contribution in [2.45, 2.75) is 38.1 Å². The van der Waals surface area contributed by atoms with Crippen LogP contribution >= 0.6 is 0 Å². The lowest BCUT2D eigenvalue weighted by Crippen LogP contribution is -2.43. The number of hydrogen-bond acceptors (Lipinski definition) is 6. The van der Waals surface area contributed by atoms with Gasteiger partial charge in [-0.15, -0.1) is 0 Å². The molecule has 0 unspecified atom stereocenters. The number of carbonyl (C=O) groups excluding carboxylic acids is 1. The van der Waals surface area contributed by atoms with Gasteiger partial charge in [-0.25, -0.2) is 12.8 Å². The fourth-order valence-electron chi connectivity index (χ4n) is 3.96. The van der Waals surface area contributed by atoms with Crippen molar-refractivity contribution >= 4 is 28.1 Å². The van der Waals surface area contributed by atoms with E-state index >= 15 is 0 Å². The first-order valence-electron chi connectivity index (χ1n) is 11.0. The molecule has 1 aliphatic rings. The van der Waals surface area contributed by atoms with Crippen LogP contribution in [0.15, 0.2) is 50.2 Å². The molecule has 1 amide bonds. The van der Waals surface area contributed by atoms with E-state index in [1.807, 2.05) is 19.1 Å². The number of furan rings is 1. The molecule has 0 saturated carbocycles. The molecule has 2 aromatic heterocycles. The molecule has 0 radical (unpaired) electrons.